The molecule has 0 aliphatic rings. The van der Waals surface area contributed by atoms with Crippen molar-refractivity contribution in [3.05, 3.63) is 65.7 Å². The van der Waals surface area contributed by atoms with Crippen molar-refractivity contribution in [1.29, 1.82) is 0 Å². The second kappa shape index (κ2) is 8.94. The zero-order valence-corrected chi connectivity index (χ0v) is 15.2. The molecule has 2 aromatic carbocycles. The minimum atomic E-state index is -0.433. The number of hydrogen-bond acceptors (Lipinski definition) is 4. The van der Waals surface area contributed by atoms with Gasteiger partial charge in [-0.1, -0.05) is 55.5 Å². The van der Waals surface area contributed by atoms with Crippen LogP contribution in [-0.2, 0) is 9.59 Å². The van der Waals surface area contributed by atoms with Gasteiger partial charge in [-0.3, -0.25) is 14.4 Å². The number of carbonyl (C=O) groups is 3. The fraction of sp³-hybridized carbons (Fsp3) is 0.286. The highest BCUT2D eigenvalue weighted by atomic mass is 16.5. The maximum Gasteiger partial charge on any atom is 0.308 e. The van der Waals surface area contributed by atoms with Crippen LogP contribution in [-0.4, -0.2) is 24.2 Å². The Morgan fingerprint density at radius 3 is 2.19 bits per heavy atom. The maximum absolute atomic E-state index is 12.9. The van der Waals surface area contributed by atoms with E-state index >= 15 is 0 Å². The van der Waals surface area contributed by atoms with Gasteiger partial charge in [0, 0.05) is 43.4 Å². The van der Waals surface area contributed by atoms with Crippen LogP contribution in [0, 0.1) is 5.92 Å². The van der Waals surface area contributed by atoms with Gasteiger partial charge < -0.3 is 10.1 Å². The summed E-state index contributed by atoms with van der Waals surface area (Å²) < 4.78 is 5.31. The number of ketones is 1. The number of benzene rings is 2. The van der Waals surface area contributed by atoms with E-state index in [-0.39, 0.29) is 24.2 Å². The molecule has 2 unspecified atom stereocenters. The van der Waals surface area contributed by atoms with Crippen LogP contribution >= 0.6 is 0 Å². The van der Waals surface area contributed by atoms with E-state index in [0.29, 0.717) is 16.9 Å². The van der Waals surface area contributed by atoms with Crippen molar-refractivity contribution in [2.45, 2.75) is 26.7 Å². The van der Waals surface area contributed by atoms with Gasteiger partial charge in [0.25, 0.3) is 0 Å². The molecule has 5 nitrogen and oxygen atoms in total. The van der Waals surface area contributed by atoms with E-state index in [9.17, 15) is 14.4 Å². The van der Waals surface area contributed by atoms with Crippen molar-refractivity contribution < 1.29 is 19.1 Å². The summed E-state index contributed by atoms with van der Waals surface area (Å²) in [7, 11) is 0. The highest BCUT2D eigenvalue weighted by molar-refractivity contribution is 5.98. The summed E-state index contributed by atoms with van der Waals surface area (Å²) in [5.41, 5.74) is 1.33. The molecular formula is C21H23NO4. The molecule has 1 amide bonds. The van der Waals surface area contributed by atoms with Crippen LogP contribution in [0.2, 0.25) is 0 Å². The smallest absolute Gasteiger partial charge is 0.308 e. The number of nitrogens with one attached hydrogen (secondary N) is 1. The second-order valence-electron chi connectivity index (χ2n) is 6.19. The van der Waals surface area contributed by atoms with Gasteiger partial charge >= 0.3 is 5.97 Å². The number of amides is 1. The van der Waals surface area contributed by atoms with Gasteiger partial charge in [-0.25, -0.2) is 0 Å². The first kappa shape index (κ1) is 19.4. The maximum atomic E-state index is 12.9. The highest BCUT2D eigenvalue weighted by Crippen LogP contribution is 2.33. The van der Waals surface area contributed by atoms with E-state index < -0.39 is 11.9 Å². The Kier molecular flexibility index (Phi) is 6.67. The van der Waals surface area contributed by atoms with E-state index in [1.165, 1.54) is 13.8 Å². The number of carbonyl (C=O) groups excluding carboxylic acids is 3. The molecule has 2 rings (SSSR count). The molecule has 1 N–H and O–H groups in total. The topological polar surface area (TPSA) is 72.5 Å². The standard InChI is InChI=1S/C21H23NO4/c1-14(21(25)17-9-5-4-6-10-17)19(13-22-15(2)23)18-11-7-8-12-20(18)26-16(3)24/h4-12,14,19H,13H2,1-3H3,(H,22,23). The number of esters is 1. The Bertz CT molecular complexity index is 786. The van der Waals surface area contributed by atoms with Gasteiger partial charge in [-0.2, -0.15) is 0 Å². The highest BCUT2D eigenvalue weighted by Gasteiger charge is 2.29. The molecular weight excluding hydrogens is 330 g/mol. The Hall–Kier alpha value is -2.95. The number of Topliss-reactive ketones (excluding diaryl/α,β-unsaturated/α-hetero) is 1. The zero-order chi connectivity index (χ0) is 19.1. The Balaban J connectivity index is 2.39. The summed E-state index contributed by atoms with van der Waals surface area (Å²) in [6.07, 6.45) is 0. The van der Waals surface area contributed by atoms with Crippen molar-refractivity contribution in [2.24, 2.45) is 5.92 Å². The summed E-state index contributed by atoms with van der Waals surface area (Å²) >= 11 is 0. The lowest BCUT2D eigenvalue weighted by molar-refractivity contribution is -0.132. The minimum absolute atomic E-state index is 0.0291. The van der Waals surface area contributed by atoms with Crippen LogP contribution in [0.4, 0.5) is 0 Å². The number of hydrogen-bond donors (Lipinski definition) is 1. The summed E-state index contributed by atoms with van der Waals surface area (Å²) in [6.45, 7) is 4.86. The molecule has 0 saturated carbocycles. The van der Waals surface area contributed by atoms with Crippen LogP contribution in [0.1, 0.15) is 42.6 Å². The summed E-state index contributed by atoms with van der Waals surface area (Å²) in [6, 6.07) is 16.1. The molecule has 0 aliphatic carbocycles. The fourth-order valence-electron chi connectivity index (χ4n) is 2.89. The van der Waals surface area contributed by atoms with Gasteiger partial charge in [-0.15, -0.1) is 0 Å². The van der Waals surface area contributed by atoms with Gasteiger partial charge in [0.1, 0.15) is 5.75 Å². The van der Waals surface area contributed by atoms with Crippen molar-refractivity contribution in [2.75, 3.05) is 6.54 Å². The minimum Gasteiger partial charge on any atom is -0.426 e. The quantitative estimate of drug-likeness (QED) is 0.471. The lowest BCUT2D eigenvalue weighted by Gasteiger charge is -2.25. The van der Waals surface area contributed by atoms with Gasteiger partial charge in [0.15, 0.2) is 5.78 Å². The zero-order valence-electron chi connectivity index (χ0n) is 15.2. The molecule has 26 heavy (non-hydrogen) atoms. The second-order valence-corrected chi connectivity index (χ2v) is 6.19. The molecule has 0 saturated heterocycles. The number of para-hydroxylation sites is 1. The lowest BCUT2D eigenvalue weighted by Crippen LogP contribution is -2.32. The number of rotatable bonds is 7. The van der Waals surface area contributed by atoms with Crippen LogP contribution in [0.3, 0.4) is 0 Å². The van der Waals surface area contributed by atoms with E-state index in [0.717, 1.165) is 0 Å². The van der Waals surface area contributed by atoms with Crippen molar-refractivity contribution in [3.63, 3.8) is 0 Å². The van der Waals surface area contributed by atoms with Crippen LogP contribution < -0.4 is 10.1 Å². The summed E-state index contributed by atoms with van der Waals surface area (Å²) in [5, 5.41) is 2.78. The summed E-state index contributed by atoms with van der Waals surface area (Å²) in [4.78, 5) is 35.8. The van der Waals surface area contributed by atoms with E-state index in [1.54, 1.807) is 24.3 Å². The Morgan fingerprint density at radius 2 is 1.58 bits per heavy atom. The van der Waals surface area contributed by atoms with Gasteiger partial charge in [0.2, 0.25) is 5.91 Å². The molecule has 0 aromatic heterocycles. The average Bonchev–Trinajstić information content (AvgIpc) is 2.62. The third-order valence-electron chi connectivity index (χ3n) is 4.22. The third kappa shape index (κ3) is 5.02. The molecule has 2 atom stereocenters. The predicted molar refractivity (Wildman–Crippen MR) is 99.1 cm³/mol. The molecule has 0 heterocycles. The first-order chi connectivity index (χ1) is 12.4. The van der Waals surface area contributed by atoms with Crippen LogP contribution in [0.5, 0.6) is 5.75 Å². The lowest BCUT2D eigenvalue weighted by atomic mass is 9.82. The predicted octanol–water partition coefficient (Wildman–Crippen LogP) is 3.35. The monoisotopic (exact) mass is 353 g/mol. The first-order valence-electron chi connectivity index (χ1n) is 8.51. The molecule has 2 aromatic rings. The Morgan fingerprint density at radius 1 is 0.962 bits per heavy atom. The molecule has 0 aliphatic heterocycles. The Labute approximate surface area is 153 Å². The van der Waals surface area contributed by atoms with Crippen molar-refractivity contribution >= 4 is 17.7 Å². The summed E-state index contributed by atoms with van der Waals surface area (Å²) in [5.74, 6) is -0.984. The fourth-order valence-corrected chi connectivity index (χ4v) is 2.89. The van der Waals surface area contributed by atoms with Crippen LogP contribution in [0.25, 0.3) is 0 Å². The molecule has 0 radical (unpaired) electrons. The van der Waals surface area contributed by atoms with Crippen molar-refractivity contribution in [3.8, 4) is 5.75 Å². The first-order valence-corrected chi connectivity index (χ1v) is 8.51. The van der Waals surface area contributed by atoms with Crippen molar-refractivity contribution in [1.82, 2.24) is 5.32 Å². The number of ether oxygens (including phenoxy) is 1. The molecule has 5 heteroatoms. The molecule has 0 spiro atoms. The molecule has 0 bridgehead atoms. The van der Waals surface area contributed by atoms with E-state index in [1.807, 2.05) is 37.3 Å². The average molecular weight is 353 g/mol. The molecule has 136 valence electrons. The van der Waals surface area contributed by atoms with E-state index in [2.05, 4.69) is 5.32 Å². The van der Waals surface area contributed by atoms with Gasteiger partial charge in [0.05, 0.1) is 0 Å². The van der Waals surface area contributed by atoms with Gasteiger partial charge in [-0.05, 0) is 6.07 Å². The molecule has 0 fully saturated rings. The third-order valence-corrected chi connectivity index (χ3v) is 4.22. The van der Waals surface area contributed by atoms with E-state index in [4.69, 9.17) is 4.74 Å². The SMILES string of the molecule is CC(=O)NCC(c1ccccc1OC(C)=O)C(C)C(=O)c1ccccc1. The normalized spacial score (nSPS) is 12.7. The van der Waals surface area contributed by atoms with Crippen LogP contribution in [0.15, 0.2) is 54.6 Å². The largest absolute Gasteiger partial charge is 0.426 e.